The predicted octanol–water partition coefficient (Wildman–Crippen LogP) is 1.74. The second-order valence-corrected chi connectivity index (χ2v) is 5.57. The van der Waals surface area contributed by atoms with Crippen LogP contribution in [0, 0.1) is 5.92 Å². The van der Waals surface area contributed by atoms with Gasteiger partial charge in [-0.2, -0.15) is 0 Å². The van der Waals surface area contributed by atoms with E-state index in [0.29, 0.717) is 24.9 Å². The highest BCUT2D eigenvalue weighted by molar-refractivity contribution is 5.34. The van der Waals surface area contributed by atoms with Gasteiger partial charge in [-0.25, -0.2) is 4.98 Å². The molecule has 0 aliphatic heterocycles. The third-order valence-corrected chi connectivity index (χ3v) is 2.44. The van der Waals surface area contributed by atoms with E-state index in [4.69, 9.17) is 4.74 Å². The molecule has 1 N–H and O–H groups in total. The monoisotopic (exact) mass is 253 g/mol. The molecule has 0 saturated heterocycles. The fourth-order valence-electron chi connectivity index (χ4n) is 1.79. The quantitative estimate of drug-likeness (QED) is 0.839. The maximum absolute atomic E-state index is 12.2. The van der Waals surface area contributed by atoms with Crippen molar-refractivity contribution in [2.75, 3.05) is 19.0 Å². The zero-order valence-electron chi connectivity index (χ0n) is 11.9. The van der Waals surface area contributed by atoms with E-state index in [2.05, 4.69) is 24.1 Å². The summed E-state index contributed by atoms with van der Waals surface area (Å²) in [5.74, 6) is 0.796. The molecule has 0 spiro atoms. The van der Waals surface area contributed by atoms with Gasteiger partial charge in [0.05, 0.1) is 12.1 Å². The lowest BCUT2D eigenvalue weighted by Gasteiger charge is -2.25. The maximum Gasteiger partial charge on any atom is 0.293 e. The van der Waals surface area contributed by atoms with Crippen LogP contribution in [-0.4, -0.2) is 28.8 Å². The zero-order valence-corrected chi connectivity index (χ0v) is 11.9. The number of nitrogens with one attached hydrogen (secondary N) is 1. The Bertz CT molecular complexity index is 438. The van der Waals surface area contributed by atoms with E-state index in [-0.39, 0.29) is 11.1 Å². The lowest BCUT2D eigenvalue weighted by atomic mass is 10.1. The topological polar surface area (TPSA) is 56.1 Å². The third kappa shape index (κ3) is 4.14. The average molecular weight is 253 g/mol. The van der Waals surface area contributed by atoms with Gasteiger partial charge < -0.3 is 14.6 Å². The fourth-order valence-corrected chi connectivity index (χ4v) is 1.79. The normalized spacial score (nSPS) is 11.9. The molecular formula is C13H23N3O2. The zero-order chi connectivity index (χ0) is 13.8. The summed E-state index contributed by atoms with van der Waals surface area (Å²) >= 11 is 0. The number of hydrogen-bond acceptors (Lipinski definition) is 4. The molecule has 0 fully saturated rings. The minimum atomic E-state index is -0.322. The average Bonchev–Trinajstić information content (AvgIpc) is 2.23. The van der Waals surface area contributed by atoms with Crippen molar-refractivity contribution in [3.05, 3.63) is 22.7 Å². The molecule has 1 aromatic heterocycles. The van der Waals surface area contributed by atoms with E-state index in [1.165, 1.54) is 0 Å². The molecule has 0 aliphatic rings. The first-order valence-corrected chi connectivity index (χ1v) is 6.18. The summed E-state index contributed by atoms with van der Waals surface area (Å²) in [5.41, 5.74) is -0.409. The number of methoxy groups -OCH3 is 1. The Morgan fingerprint density at radius 2 is 2.17 bits per heavy atom. The van der Waals surface area contributed by atoms with Gasteiger partial charge in [-0.15, -0.1) is 0 Å². The Balaban J connectivity index is 2.94. The highest BCUT2D eigenvalue weighted by atomic mass is 16.5. The maximum atomic E-state index is 12.2. The molecule has 102 valence electrons. The van der Waals surface area contributed by atoms with Crippen LogP contribution in [0.15, 0.2) is 17.2 Å². The molecule has 0 saturated carbocycles. The van der Waals surface area contributed by atoms with E-state index < -0.39 is 0 Å². The van der Waals surface area contributed by atoms with Gasteiger partial charge in [0, 0.05) is 26.0 Å². The molecule has 1 heterocycles. The number of aromatic nitrogens is 2. The standard InChI is InChI=1S/C13H23N3O2/c1-10(2)8-16-7-6-14-11(12(16)17)15-13(3,4)9-18-5/h6-7,10H,8-9H2,1-5H3,(H,14,15). The molecule has 0 amide bonds. The van der Waals surface area contributed by atoms with Crippen LogP contribution >= 0.6 is 0 Å². The summed E-state index contributed by atoms with van der Waals surface area (Å²) in [6.45, 7) is 9.30. The van der Waals surface area contributed by atoms with Crippen LogP contribution in [0.1, 0.15) is 27.7 Å². The highest BCUT2D eigenvalue weighted by Gasteiger charge is 2.19. The molecule has 0 radical (unpaired) electrons. The number of hydrogen-bond donors (Lipinski definition) is 1. The Hall–Kier alpha value is -1.36. The van der Waals surface area contributed by atoms with Gasteiger partial charge >= 0.3 is 0 Å². The summed E-state index contributed by atoms with van der Waals surface area (Å²) in [6, 6.07) is 0. The van der Waals surface area contributed by atoms with Gasteiger partial charge in [0.25, 0.3) is 5.56 Å². The molecule has 0 aliphatic carbocycles. The molecule has 0 atom stereocenters. The van der Waals surface area contributed by atoms with Crippen molar-refractivity contribution >= 4 is 5.82 Å². The molecule has 1 aromatic rings. The first kappa shape index (κ1) is 14.7. The van der Waals surface area contributed by atoms with Gasteiger partial charge in [0.15, 0.2) is 5.82 Å². The minimum Gasteiger partial charge on any atom is -0.382 e. The van der Waals surface area contributed by atoms with Crippen LogP contribution in [0.3, 0.4) is 0 Å². The van der Waals surface area contributed by atoms with Gasteiger partial charge in [0.2, 0.25) is 0 Å². The largest absolute Gasteiger partial charge is 0.382 e. The van der Waals surface area contributed by atoms with Crippen LogP contribution in [0.2, 0.25) is 0 Å². The SMILES string of the molecule is COCC(C)(C)Nc1nccn(CC(C)C)c1=O. The van der Waals surface area contributed by atoms with E-state index in [9.17, 15) is 4.79 Å². The Morgan fingerprint density at radius 3 is 2.72 bits per heavy atom. The molecular weight excluding hydrogens is 230 g/mol. The highest BCUT2D eigenvalue weighted by Crippen LogP contribution is 2.09. The van der Waals surface area contributed by atoms with Crippen molar-refractivity contribution in [3.63, 3.8) is 0 Å². The Labute approximate surface area is 108 Å². The molecule has 18 heavy (non-hydrogen) atoms. The van der Waals surface area contributed by atoms with Crippen molar-refractivity contribution in [1.29, 1.82) is 0 Å². The van der Waals surface area contributed by atoms with Gasteiger partial charge in [-0.3, -0.25) is 4.79 Å². The van der Waals surface area contributed by atoms with Crippen LogP contribution in [0.25, 0.3) is 0 Å². The van der Waals surface area contributed by atoms with Gasteiger partial charge in [0.1, 0.15) is 0 Å². The number of rotatable bonds is 6. The summed E-state index contributed by atoms with van der Waals surface area (Å²) in [7, 11) is 1.64. The predicted molar refractivity (Wildman–Crippen MR) is 72.9 cm³/mol. The number of ether oxygens (including phenoxy) is 1. The van der Waals surface area contributed by atoms with E-state index in [1.807, 2.05) is 13.8 Å². The van der Waals surface area contributed by atoms with Crippen molar-refractivity contribution in [2.45, 2.75) is 39.8 Å². The van der Waals surface area contributed by atoms with Crippen LogP contribution in [0.4, 0.5) is 5.82 Å². The van der Waals surface area contributed by atoms with Gasteiger partial charge in [-0.1, -0.05) is 13.8 Å². The summed E-state index contributed by atoms with van der Waals surface area (Å²) in [6.07, 6.45) is 3.37. The fraction of sp³-hybridized carbons (Fsp3) is 0.692. The lowest BCUT2D eigenvalue weighted by Crippen LogP contribution is -2.39. The molecule has 5 nitrogen and oxygen atoms in total. The molecule has 0 unspecified atom stereocenters. The van der Waals surface area contributed by atoms with Gasteiger partial charge in [-0.05, 0) is 19.8 Å². The lowest BCUT2D eigenvalue weighted by molar-refractivity contribution is 0.158. The number of nitrogens with zero attached hydrogens (tertiary/aromatic N) is 2. The molecule has 0 aromatic carbocycles. The van der Waals surface area contributed by atoms with Crippen LogP contribution in [-0.2, 0) is 11.3 Å². The van der Waals surface area contributed by atoms with Crippen molar-refractivity contribution in [1.82, 2.24) is 9.55 Å². The summed E-state index contributed by atoms with van der Waals surface area (Å²) < 4.78 is 6.80. The van der Waals surface area contributed by atoms with Crippen LogP contribution in [0.5, 0.6) is 0 Å². The molecule has 5 heteroatoms. The molecule has 1 rings (SSSR count). The third-order valence-electron chi connectivity index (χ3n) is 2.44. The Morgan fingerprint density at radius 1 is 1.50 bits per heavy atom. The summed E-state index contributed by atoms with van der Waals surface area (Å²) in [5, 5.41) is 3.13. The van der Waals surface area contributed by atoms with Crippen molar-refractivity contribution in [2.24, 2.45) is 5.92 Å². The first-order valence-electron chi connectivity index (χ1n) is 6.18. The molecule has 0 bridgehead atoms. The smallest absolute Gasteiger partial charge is 0.293 e. The Kier molecular flexibility index (Phi) is 4.90. The second-order valence-electron chi connectivity index (χ2n) is 5.57. The van der Waals surface area contributed by atoms with E-state index in [1.54, 1.807) is 24.1 Å². The van der Waals surface area contributed by atoms with Crippen molar-refractivity contribution in [3.8, 4) is 0 Å². The van der Waals surface area contributed by atoms with E-state index >= 15 is 0 Å². The first-order chi connectivity index (χ1) is 8.35. The minimum absolute atomic E-state index is 0.0876. The summed E-state index contributed by atoms with van der Waals surface area (Å²) in [4.78, 5) is 16.3. The van der Waals surface area contributed by atoms with Crippen molar-refractivity contribution < 1.29 is 4.74 Å². The second kappa shape index (κ2) is 6.00. The van der Waals surface area contributed by atoms with E-state index in [0.717, 1.165) is 0 Å². The van der Waals surface area contributed by atoms with Crippen LogP contribution < -0.4 is 10.9 Å². The number of anilines is 1.